The zero-order valence-corrected chi connectivity index (χ0v) is 11.6. The molecule has 0 bridgehead atoms. The van der Waals surface area contributed by atoms with Gasteiger partial charge in [0.05, 0.1) is 11.4 Å². The third-order valence-electron chi connectivity index (χ3n) is 2.72. The van der Waals surface area contributed by atoms with Crippen molar-refractivity contribution in [1.82, 2.24) is 15.0 Å². The summed E-state index contributed by atoms with van der Waals surface area (Å²) in [7, 11) is 0. The van der Waals surface area contributed by atoms with E-state index in [1.54, 1.807) is 0 Å². The maximum Gasteiger partial charge on any atom is 0.279 e. The summed E-state index contributed by atoms with van der Waals surface area (Å²) in [6, 6.07) is 0.0344. The van der Waals surface area contributed by atoms with Crippen molar-refractivity contribution in [3.63, 3.8) is 0 Å². The minimum atomic E-state index is -0.0464. The summed E-state index contributed by atoms with van der Waals surface area (Å²) in [4.78, 5) is 13.1. The van der Waals surface area contributed by atoms with E-state index in [2.05, 4.69) is 31.1 Å². The van der Waals surface area contributed by atoms with Crippen LogP contribution in [0.2, 0.25) is 0 Å². The van der Waals surface area contributed by atoms with Crippen LogP contribution in [0.5, 0.6) is 0 Å². The summed E-state index contributed by atoms with van der Waals surface area (Å²) in [5, 5.41) is 10.8. The summed E-state index contributed by atoms with van der Waals surface area (Å²) in [6.07, 6.45) is 0. The molecule has 2 aromatic rings. The molecule has 0 atom stereocenters. The van der Waals surface area contributed by atoms with Gasteiger partial charge in [0.1, 0.15) is 0 Å². The second-order valence-electron chi connectivity index (χ2n) is 5.51. The Kier molecular flexibility index (Phi) is 2.81. The van der Waals surface area contributed by atoms with Crippen LogP contribution >= 0.6 is 11.3 Å². The molecule has 2 rings (SSSR count). The van der Waals surface area contributed by atoms with Gasteiger partial charge in [0.25, 0.3) is 5.56 Å². The smallest absolute Gasteiger partial charge is 0.267 e. The number of aromatic nitrogens is 3. The summed E-state index contributed by atoms with van der Waals surface area (Å²) in [6.45, 7) is 10.2. The molecule has 2 aromatic heterocycles. The van der Waals surface area contributed by atoms with E-state index in [1.165, 1.54) is 16.0 Å². The number of nitrogens with zero attached hydrogens (tertiary/aromatic N) is 3. The maximum absolute atomic E-state index is 12.4. The van der Waals surface area contributed by atoms with Gasteiger partial charge in [-0.15, -0.1) is 16.4 Å². The summed E-state index contributed by atoms with van der Waals surface area (Å²) in [5.74, 6) is 0. The summed E-state index contributed by atoms with van der Waals surface area (Å²) in [5.41, 5.74) is 0.984. The highest BCUT2D eigenvalue weighted by Gasteiger charge is 2.22. The fourth-order valence-electron chi connectivity index (χ4n) is 1.76. The van der Waals surface area contributed by atoms with Gasteiger partial charge in [-0.2, -0.15) is 0 Å². The molecule has 2 heterocycles. The van der Waals surface area contributed by atoms with Crippen LogP contribution in [0.25, 0.3) is 10.2 Å². The topological polar surface area (TPSA) is 47.8 Å². The highest BCUT2D eigenvalue weighted by Crippen LogP contribution is 2.31. The number of hydrogen-bond acceptors (Lipinski definition) is 4. The molecule has 5 heteroatoms. The molecule has 92 valence electrons. The molecule has 0 N–H and O–H groups in total. The largest absolute Gasteiger partial charge is 0.279 e. The first kappa shape index (κ1) is 12.2. The molecule has 0 aliphatic carbocycles. The Morgan fingerprint density at radius 2 is 2.00 bits per heavy atom. The van der Waals surface area contributed by atoms with Crippen molar-refractivity contribution in [1.29, 1.82) is 0 Å². The van der Waals surface area contributed by atoms with Crippen LogP contribution in [0.1, 0.15) is 46.2 Å². The predicted molar refractivity (Wildman–Crippen MR) is 70.8 cm³/mol. The fraction of sp³-hybridized carbons (Fsp3) is 0.583. The van der Waals surface area contributed by atoms with E-state index in [4.69, 9.17) is 0 Å². The number of rotatable bonds is 1. The number of fused-ring (bicyclic) bond motifs is 1. The van der Waals surface area contributed by atoms with Gasteiger partial charge in [-0.1, -0.05) is 26.0 Å². The van der Waals surface area contributed by atoms with Crippen molar-refractivity contribution < 1.29 is 0 Å². The first-order chi connectivity index (χ1) is 7.82. The van der Waals surface area contributed by atoms with Crippen molar-refractivity contribution in [3.8, 4) is 0 Å². The average Bonchev–Trinajstić information content (AvgIpc) is 2.61. The number of thiophene rings is 1. The normalized spacial score (nSPS) is 12.6. The molecule has 0 spiro atoms. The lowest BCUT2D eigenvalue weighted by molar-refractivity contribution is 0.481. The van der Waals surface area contributed by atoms with Crippen LogP contribution in [0.15, 0.2) is 10.2 Å². The molecule has 0 aliphatic heterocycles. The minimum absolute atomic E-state index is 0.0313. The van der Waals surface area contributed by atoms with Crippen molar-refractivity contribution in [2.45, 2.75) is 46.1 Å². The third kappa shape index (κ3) is 1.99. The lowest BCUT2D eigenvalue weighted by Gasteiger charge is -2.17. The molecule has 0 saturated heterocycles. The van der Waals surface area contributed by atoms with Crippen molar-refractivity contribution in [3.05, 3.63) is 21.3 Å². The molecule has 0 fully saturated rings. The van der Waals surface area contributed by atoms with E-state index in [9.17, 15) is 4.79 Å². The quantitative estimate of drug-likeness (QED) is 0.783. The van der Waals surface area contributed by atoms with E-state index < -0.39 is 0 Å². The fourth-order valence-corrected chi connectivity index (χ4v) is 2.86. The number of hydrogen-bond donors (Lipinski definition) is 0. The molecule has 0 saturated carbocycles. The second kappa shape index (κ2) is 3.91. The molecule has 0 amide bonds. The Morgan fingerprint density at radius 3 is 2.53 bits per heavy atom. The van der Waals surface area contributed by atoms with Gasteiger partial charge in [0.15, 0.2) is 4.83 Å². The minimum Gasteiger partial charge on any atom is -0.267 e. The molecule has 0 radical (unpaired) electrons. The van der Waals surface area contributed by atoms with Crippen molar-refractivity contribution in [2.75, 3.05) is 0 Å². The highest BCUT2D eigenvalue weighted by molar-refractivity contribution is 7.16. The standard InChI is InChI=1S/C12H17N3OS/c1-7(2)15-11(16)9-8(12(3,4)5)6-17-10(9)13-14-15/h6-7H,1-5H3. The van der Waals surface area contributed by atoms with E-state index in [-0.39, 0.29) is 17.0 Å². The van der Waals surface area contributed by atoms with Crippen molar-refractivity contribution >= 4 is 21.6 Å². The van der Waals surface area contributed by atoms with E-state index in [0.717, 1.165) is 15.8 Å². The Labute approximate surface area is 104 Å². The van der Waals surface area contributed by atoms with Gasteiger partial charge in [-0.3, -0.25) is 4.79 Å². The van der Waals surface area contributed by atoms with Gasteiger partial charge in [-0.05, 0) is 30.2 Å². The molecule has 0 aromatic carbocycles. The van der Waals surface area contributed by atoms with E-state index in [1.807, 2.05) is 19.2 Å². The van der Waals surface area contributed by atoms with Gasteiger partial charge >= 0.3 is 0 Å². The van der Waals surface area contributed by atoms with Crippen LogP contribution in [-0.2, 0) is 5.41 Å². The molecule has 0 aliphatic rings. The Hall–Kier alpha value is -1.23. The van der Waals surface area contributed by atoms with Crippen molar-refractivity contribution in [2.24, 2.45) is 0 Å². The molecular weight excluding hydrogens is 234 g/mol. The summed E-state index contributed by atoms with van der Waals surface area (Å²) >= 11 is 1.49. The van der Waals surface area contributed by atoms with Crippen LogP contribution < -0.4 is 5.56 Å². The zero-order chi connectivity index (χ0) is 12.8. The SMILES string of the molecule is CC(C)n1nnc2scc(C(C)(C)C)c2c1=O. The van der Waals surface area contributed by atoms with E-state index >= 15 is 0 Å². The summed E-state index contributed by atoms with van der Waals surface area (Å²) < 4.78 is 1.45. The van der Waals surface area contributed by atoms with Gasteiger partial charge < -0.3 is 0 Å². The molecule has 0 unspecified atom stereocenters. The predicted octanol–water partition coefficient (Wildman–Crippen LogP) is 2.73. The van der Waals surface area contributed by atoms with Crippen LogP contribution in [0.3, 0.4) is 0 Å². The first-order valence-electron chi connectivity index (χ1n) is 5.69. The van der Waals surface area contributed by atoms with Gasteiger partial charge in [0.2, 0.25) is 0 Å². The zero-order valence-electron chi connectivity index (χ0n) is 10.8. The van der Waals surface area contributed by atoms with E-state index in [0.29, 0.717) is 0 Å². The lowest BCUT2D eigenvalue weighted by atomic mass is 9.87. The first-order valence-corrected chi connectivity index (χ1v) is 6.57. The van der Waals surface area contributed by atoms with Gasteiger partial charge in [-0.25, -0.2) is 4.68 Å². The average molecular weight is 251 g/mol. The van der Waals surface area contributed by atoms with Gasteiger partial charge in [0, 0.05) is 0 Å². The van der Waals surface area contributed by atoms with Crippen LogP contribution in [-0.4, -0.2) is 15.0 Å². The molecule has 17 heavy (non-hydrogen) atoms. The second-order valence-corrected chi connectivity index (χ2v) is 6.37. The lowest BCUT2D eigenvalue weighted by Crippen LogP contribution is -2.27. The molecule has 4 nitrogen and oxygen atoms in total. The third-order valence-corrected chi connectivity index (χ3v) is 3.59. The monoisotopic (exact) mass is 251 g/mol. The van der Waals surface area contributed by atoms with Crippen LogP contribution in [0, 0.1) is 0 Å². The van der Waals surface area contributed by atoms with Crippen LogP contribution in [0.4, 0.5) is 0 Å². The Morgan fingerprint density at radius 1 is 1.35 bits per heavy atom. The molecular formula is C12H17N3OS. The highest BCUT2D eigenvalue weighted by atomic mass is 32.1. The Bertz CT molecular complexity index is 604. The maximum atomic E-state index is 12.4. The Balaban J connectivity index is 2.83.